The summed E-state index contributed by atoms with van der Waals surface area (Å²) in [5, 5.41) is 0. The molecule has 6 nitrogen and oxygen atoms in total. The number of terminal acetylenes is 1. The summed E-state index contributed by atoms with van der Waals surface area (Å²) in [4.78, 5) is 26.3. The molecule has 6 heteroatoms. The van der Waals surface area contributed by atoms with Crippen LogP contribution in [0.2, 0.25) is 0 Å². The van der Waals surface area contributed by atoms with Crippen LogP contribution in [0.15, 0.2) is 24.7 Å². The predicted molar refractivity (Wildman–Crippen MR) is 91.4 cm³/mol. The maximum atomic E-state index is 12.2. The van der Waals surface area contributed by atoms with Gasteiger partial charge in [-0.3, -0.25) is 9.20 Å². The fraction of sp³-hybridized carbons (Fsp3) is 0.389. The van der Waals surface area contributed by atoms with Crippen LogP contribution in [0.3, 0.4) is 0 Å². The minimum absolute atomic E-state index is 0.0312. The standard InChI is InChI=1S/C18H19N5O/c1-3-4-16(24)22-8-6-12(2)14(11-22)18-21-10-13-9-20-17-15(23(13)18)5-7-19-17/h1,5,7,9-10,12,14,19H,4,6,8,11H2,2H3. The van der Waals surface area contributed by atoms with E-state index in [2.05, 4.69) is 32.2 Å². The van der Waals surface area contributed by atoms with E-state index in [1.54, 1.807) is 0 Å². The Kier molecular flexibility index (Phi) is 3.49. The van der Waals surface area contributed by atoms with Crippen molar-refractivity contribution >= 4 is 22.6 Å². The Morgan fingerprint density at radius 3 is 3.12 bits per heavy atom. The molecule has 1 fully saturated rings. The number of amides is 1. The number of fused-ring (bicyclic) bond motifs is 3. The molecule has 4 rings (SSSR count). The Balaban J connectivity index is 1.76. The Morgan fingerprint density at radius 1 is 1.46 bits per heavy atom. The van der Waals surface area contributed by atoms with Gasteiger partial charge in [-0.2, -0.15) is 0 Å². The van der Waals surface area contributed by atoms with Gasteiger partial charge in [0.1, 0.15) is 5.82 Å². The van der Waals surface area contributed by atoms with Crippen LogP contribution in [0.4, 0.5) is 0 Å². The van der Waals surface area contributed by atoms with Crippen LogP contribution in [0, 0.1) is 18.3 Å². The van der Waals surface area contributed by atoms with Gasteiger partial charge in [0, 0.05) is 25.2 Å². The third kappa shape index (κ3) is 2.24. The minimum Gasteiger partial charge on any atom is -0.345 e. The number of aromatic amines is 1. The number of hydrogen-bond acceptors (Lipinski definition) is 3. The van der Waals surface area contributed by atoms with E-state index in [9.17, 15) is 4.79 Å². The average Bonchev–Trinajstić information content (AvgIpc) is 3.21. The zero-order valence-electron chi connectivity index (χ0n) is 13.6. The topological polar surface area (TPSA) is 66.3 Å². The SMILES string of the molecule is C#CCC(=O)N1CCC(C)C(c2ncc3cnc4[nH]ccc4n23)C1. The first kappa shape index (κ1) is 14.8. The van der Waals surface area contributed by atoms with Gasteiger partial charge >= 0.3 is 0 Å². The van der Waals surface area contributed by atoms with Crippen LogP contribution in [-0.4, -0.2) is 43.2 Å². The Labute approximate surface area is 139 Å². The monoisotopic (exact) mass is 321 g/mol. The first-order valence-corrected chi connectivity index (χ1v) is 8.19. The van der Waals surface area contributed by atoms with Gasteiger partial charge in [0.15, 0.2) is 5.65 Å². The molecule has 0 radical (unpaired) electrons. The summed E-state index contributed by atoms with van der Waals surface area (Å²) in [6.07, 6.45) is 12.0. The number of nitrogens with one attached hydrogen (secondary N) is 1. The summed E-state index contributed by atoms with van der Waals surface area (Å²) in [5.74, 6) is 4.11. The molecule has 2 atom stereocenters. The number of carbonyl (C=O) groups is 1. The molecule has 2 unspecified atom stereocenters. The van der Waals surface area contributed by atoms with Crippen molar-refractivity contribution in [2.45, 2.75) is 25.7 Å². The largest absolute Gasteiger partial charge is 0.345 e. The van der Waals surface area contributed by atoms with E-state index in [0.29, 0.717) is 12.5 Å². The maximum Gasteiger partial charge on any atom is 0.234 e. The third-order valence-corrected chi connectivity index (χ3v) is 4.98. The zero-order chi connectivity index (χ0) is 16.7. The average molecular weight is 321 g/mol. The second-order valence-electron chi connectivity index (χ2n) is 6.44. The molecule has 1 N–H and O–H groups in total. The summed E-state index contributed by atoms with van der Waals surface area (Å²) in [7, 11) is 0. The van der Waals surface area contributed by atoms with Crippen molar-refractivity contribution in [3.63, 3.8) is 0 Å². The lowest BCUT2D eigenvalue weighted by Crippen LogP contribution is -2.42. The van der Waals surface area contributed by atoms with E-state index in [-0.39, 0.29) is 18.2 Å². The predicted octanol–water partition coefficient (Wildman–Crippen LogP) is 2.19. The van der Waals surface area contributed by atoms with Crippen molar-refractivity contribution in [3.05, 3.63) is 30.5 Å². The van der Waals surface area contributed by atoms with E-state index in [4.69, 9.17) is 6.42 Å². The quantitative estimate of drug-likeness (QED) is 0.736. The summed E-state index contributed by atoms with van der Waals surface area (Å²) in [6, 6.07) is 2.01. The molecule has 3 aromatic rings. The Morgan fingerprint density at radius 2 is 2.29 bits per heavy atom. The first-order chi connectivity index (χ1) is 11.7. The van der Waals surface area contributed by atoms with Crippen molar-refractivity contribution in [2.75, 3.05) is 13.1 Å². The molecule has 1 aliphatic rings. The fourth-order valence-electron chi connectivity index (χ4n) is 3.59. The number of imidazole rings is 1. The highest BCUT2D eigenvalue weighted by Crippen LogP contribution is 2.33. The molecule has 0 aliphatic carbocycles. The molecule has 1 aliphatic heterocycles. The second kappa shape index (κ2) is 5.68. The zero-order valence-corrected chi connectivity index (χ0v) is 13.6. The highest BCUT2D eigenvalue weighted by Gasteiger charge is 2.32. The van der Waals surface area contributed by atoms with E-state index < -0.39 is 0 Å². The van der Waals surface area contributed by atoms with Gasteiger partial charge in [-0.15, -0.1) is 6.42 Å². The van der Waals surface area contributed by atoms with Crippen LogP contribution in [0.1, 0.15) is 31.5 Å². The highest BCUT2D eigenvalue weighted by molar-refractivity contribution is 5.79. The third-order valence-electron chi connectivity index (χ3n) is 4.98. The Hall–Kier alpha value is -2.81. The number of aromatic nitrogens is 4. The molecule has 3 aromatic heterocycles. The van der Waals surface area contributed by atoms with Gasteiger partial charge in [-0.1, -0.05) is 12.8 Å². The molecule has 1 amide bonds. The summed E-state index contributed by atoms with van der Waals surface area (Å²) in [5.41, 5.74) is 2.82. The van der Waals surface area contributed by atoms with E-state index in [0.717, 1.165) is 35.5 Å². The molecular weight excluding hydrogens is 302 g/mol. The van der Waals surface area contributed by atoms with Crippen LogP contribution >= 0.6 is 0 Å². The molecule has 1 saturated heterocycles. The van der Waals surface area contributed by atoms with Gasteiger partial charge in [0.05, 0.1) is 29.8 Å². The summed E-state index contributed by atoms with van der Waals surface area (Å²) >= 11 is 0. The fourth-order valence-corrected chi connectivity index (χ4v) is 3.59. The molecule has 122 valence electrons. The summed E-state index contributed by atoms with van der Waals surface area (Å²) in [6.45, 7) is 3.65. The van der Waals surface area contributed by atoms with E-state index in [1.165, 1.54) is 0 Å². The lowest BCUT2D eigenvalue weighted by Gasteiger charge is -2.36. The van der Waals surface area contributed by atoms with Gasteiger partial charge in [-0.25, -0.2) is 9.97 Å². The molecule has 0 spiro atoms. The van der Waals surface area contributed by atoms with Crippen molar-refractivity contribution in [1.29, 1.82) is 0 Å². The van der Waals surface area contributed by atoms with Crippen molar-refractivity contribution in [1.82, 2.24) is 24.3 Å². The number of likely N-dealkylation sites (tertiary alicyclic amines) is 1. The van der Waals surface area contributed by atoms with Gasteiger partial charge in [0.25, 0.3) is 0 Å². The van der Waals surface area contributed by atoms with Gasteiger partial charge in [-0.05, 0) is 18.4 Å². The molecule has 0 bridgehead atoms. The molecule has 0 aromatic carbocycles. The molecule has 0 saturated carbocycles. The number of rotatable bonds is 2. The van der Waals surface area contributed by atoms with Crippen molar-refractivity contribution in [3.8, 4) is 12.3 Å². The van der Waals surface area contributed by atoms with E-state index in [1.807, 2.05) is 29.6 Å². The number of carbonyl (C=O) groups excluding carboxylic acids is 1. The minimum atomic E-state index is 0.0312. The van der Waals surface area contributed by atoms with Crippen LogP contribution in [0.25, 0.3) is 16.7 Å². The van der Waals surface area contributed by atoms with Gasteiger partial charge in [0.2, 0.25) is 5.91 Å². The van der Waals surface area contributed by atoms with Crippen LogP contribution < -0.4 is 0 Å². The van der Waals surface area contributed by atoms with Crippen molar-refractivity contribution < 1.29 is 4.79 Å². The number of piperidine rings is 1. The normalized spacial score (nSPS) is 21.2. The van der Waals surface area contributed by atoms with Crippen molar-refractivity contribution in [2.24, 2.45) is 5.92 Å². The van der Waals surface area contributed by atoms with Gasteiger partial charge < -0.3 is 9.88 Å². The number of H-pyrrole nitrogens is 1. The number of nitrogens with zero attached hydrogens (tertiary/aromatic N) is 4. The lowest BCUT2D eigenvalue weighted by molar-refractivity contribution is -0.131. The second-order valence-corrected chi connectivity index (χ2v) is 6.44. The smallest absolute Gasteiger partial charge is 0.234 e. The summed E-state index contributed by atoms with van der Waals surface area (Å²) < 4.78 is 2.15. The van der Waals surface area contributed by atoms with Crippen LogP contribution in [0.5, 0.6) is 0 Å². The first-order valence-electron chi connectivity index (χ1n) is 8.19. The van der Waals surface area contributed by atoms with Crippen LogP contribution in [-0.2, 0) is 4.79 Å². The number of hydrogen-bond donors (Lipinski definition) is 1. The maximum absolute atomic E-state index is 12.2. The van der Waals surface area contributed by atoms with E-state index >= 15 is 0 Å². The lowest BCUT2D eigenvalue weighted by atomic mass is 9.86. The molecule has 24 heavy (non-hydrogen) atoms. The molecule has 4 heterocycles. The molecular formula is C18H19N5O. The highest BCUT2D eigenvalue weighted by atomic mass is 16.2. The Bertz CT molecular complexity index is 947.